The molecule has 2 nitrogen and oxygen atoms in total. The Morgan fingerprint density at radius 2 is 1.88 bits per heavy atom. The summed E-state index contributed by atoms with van der Waals surface area (Å²) in [4.78, 5) is 0. The van der Waals surface area contributed by atoms with Crippen molar-refractivity contribution in [3.8, 4) is 5.75 Å². The molecular weight excluding hydrogens is 198 g/mol. The Bertz CT molecular complexity index is 331. The topological polar surface area (TPSA) is 21.3 Å². The lowest BCUT2D eigenvalue weighted by atomic mass is 9.98. The summed E-state index contributed by atoms with van der Waals surface area (Å²) in [7, 11) is 0. The predicted molar refractivity (Wildman–Crippen MR) is 67.1 cm³/mol. The van der Waals surface area contributed by atoms with Crippen LogP contribution in [0.1, 0.15) is 38.7 Å². The molecule has 0 aliphatic carbocycles. The monoisotopic (exact) mass is 219 g/mol. The van der Waals surface area contributed by atoms with Gasteiger partial charge in [0, 0.05) is 6.54 Å². The first-order chi connectivity index (χ1) is 7.54. The van der Waals surface area contributed by atoms with Crippen LogP contribution in [0.15, 0.2) is 24.3 Å². The lowest BCUT2D eigenvalue weighted by molar-refractivity contribution is 0.131. The minimum Gasteiger partial charge on any atom is -0.488 e. The van der Waals surface area contributed by atoms with Gasteiger partial charge in [0.1, 0.15) is 11.4 Å². The Balaban J connectivity index is 2.04. The Labute approximate surface area is 98.0 Å². The summed E-state index contributed by atoms with van der Waals surface area (Å²) in [6.07, 6.45) is 1.25. The molecule has 0 amide bonds. The fourth-order valence-electron chi connectivity index (χ4n) is 2.10. The van der Waals surface area contributed by atoms with Crippen molar-refractivity contribution in [2.24, 2.45) is 0 Å². The molecule has 1 N–H and O–H groups in total. The molecule has 0 saturated carbocycles. The predicted octanol–water partition coefficient (Wildman–Crippen LogP) is 2.94. The summed E-state index contributed by atoms with van der Waals surface area (Å²) in [5.41, 5.74) is 1.31. The van der Waals surface area contributed by atoms with Crippen molar-refractivity contribution in [2.75, 3.05) is 13.1 Å². The zero-order chi connectivity index (χ0) is 11.6. The summed E-state index contributed by atoms with van der Waals surface area (Å²) < 4.78 is 5.80. The third-order valence-corrected chi connectivity index (χ3v) is 2.84. The molecule has 1 fully saturated rings. The molecule has 16 heavy (non-hydrogen) atoms. The van der Waals surface area contributed by atoms with Crippen molar-refractivity contribution in [3.63, 3.8) is 0 Å². The van der Waals surface area contributed by atoms with Crippen LogP contribution in [0, 0.1) is 0 Å². The van der Waals surface area contributed by atoms with E-state index in [4.69, 9.17) is 4.74 Å². The van der Waals surface area contributed by atoms with E-state index in [9.17, 15) is 0 Å². The van der Waals surface area contributed by atoms with Gasteiger partial charge in [-0.1, -0.05) is 12.1 Å². The summed E-state index contributed by atoms with van der Waals surface area (Å²) in [5, 5.41) is 3.39. The van der Waals surface area contributed by atoms with Crippen LogP contribution < -0.4 is 10.1 Å². The van der Waals surface area contributed by atoms with Gasteiger partial charge in [0.25, 0.3) is 0 Å². The zero-order valence-corrected chi connectivity index (χ0v) is 10.4. The van der Waals surface area contributed by atoms with Gasteiger partial charge < -0.3 is 10.1 Å². The second-order valence-corrected chi connectivity index (χ2v) is 5.47. The van der Waals surface area contributed by atoms with Crippen LogP contribution in [0.25, 0.3) is 0 Å². The number of benzene rings is 1. The smallest absolute Gasteiger partial charge is 0.120 e. The Kier molecular flexibility index (Phi) is 3.20. The van der Waals surface area contributed by atoms with Crippen molar-refractivity contribution in [2.45, 2.75) is 38.7 Å². The molecule has 0 bridgehead atoms. The van der Waals surface area contributed by atoms with Crippen LogP contribution in [0.3, 0.4) is 0 Å². The maximum Gasteiger partial charge on any atom is 0.120 e. The highest BCUT2D eigenvalue weighted by atomic mass is 16.5. The molecule has 1 aliphatic rings. The van der Waals surface area contributed by atoms with Crippen LogP contribution in [0.5, 0.6) is 5.75 Å². The van der Waals surface area contributed by atoms with Gasteiger partial charge in [-0.3, -0.25) is 0 Å². The SMILES string of the molecule is CC(C)(C)Oc1ccc([C@H]2CCNC2)cc1. The number of ether oxygens (including phenoxy) is 1. The van der Waals surface area contributed by atoms with Crippen LogP contribution in [-0.4, -0.2) is 18.7 Å². The third-order valence-electron chi connectivity index (χ3n) is 2.84. The average Bonchev–Trinajstić information content (AvgIpc) is 2.69. The fraction of sp³-hybridized carbons (Fsp3) is 0.571. The molecule has 1 aliphatic heterocycles. The summed E-state index contributed by atoms with van der Waals surface area (Å²) in [6.45, 7) is 8.47. The minimum absolute atomic E-state index is 0.115. The molecule has 2 rings (SSSR count). The number of nitrogens with one attached hydrogen (secondary N) is 1. The van der Waals surface area contributed by atoms with Gasteiger partial charge in [-0.25, -0.2) is 0 Å². The third kappa shape index (κ3) is 2.99. The Morgan fingerprint density at radius 1 is 1.19 bits per heavy atom. The van der Waals surface area contributed by atoms with E-state index in [0.29, 0.717) is 5.92 Å². The lowest BCUT2D eigenvalue weighted by Crippen LogP contribution is -2.22. The van der Waals surface area contributed by atoms with Gasteiger partial charge in [0.05, 0.1) is 0 Å². The highest BCUT2D eigenvalue weighted by Gasteiger charge is 2.17. The van der Waals surface area contributed by atoms with Gasteiger partial charge in [-0.2, -0.15) is 0 Å². The highest BCUT2D eigenvalue weighted by molar-refractivity contribution is 5.30. The van der Waals surface area contributed by atoms with Crippen LogP contribution >= 0.6 is 0 Å². The molecular formula is C14H21NO. The van der Waals surface area contributed by atoms with Crippen molar-refractivity contribution in [1.29, 1.82) is 0 Å². The normalized spacial score (nSPS) is 21.1. The van der Waals surface area contributed by atoms with Gasteiger partial charge in [-0.05, 0) is 57.4 Å². The van der Waals surface area contributed by atoms with Gasteiger partial charge >= 0.3 is 0 Å². The maximum absolute atomic E-state index is 5.80. The molecule has 0 aromatic heterocycles. The first-order valence-corrected chi connectivity index (χ1v) is 6.04. The van der Waals surface area contributed by atoms with Crippen molar-refractivity contribution < 1.29 is 4.74 Å². The molecule has 1 atom stereocenters. The molecule has 0 radical (unpaired) electrons. The molecule has 88 valence electrons. The largest absolute Gasteiger partial charge is 0.488 e. The van der Waals surface area contributed by atoms with Crippen LogP contribution in [-0.2, 0) is 0 Å². The molecule has 0 unspecified atom stereocenters. The number of hydrogen-bond acceptors (Lipinski definition) is 2. The summed E-state index contributed by atoms with van der Waals surface area (Å²) >= 11 is 0. The molecule has 1 saturated heterocycles. The Hall–Kier alpha value is -1.02. The summed E-state index contributed by atoms with van der Waals surface area (Å²) in [5.74, 6) is 1.64. The number of hydrogen-bond donors (Lipinski definition) is 1. The minimum atomic E-state index is -0.115. The van der Waals surface area contributed by atoms with E-state index in [2.05, 4.69) is 50.4 Å². The standard InChI is InChI=1S/C14H21NO/c1-14(2,3)16-13-6-4-11(5-7-13)12-8-9-15-10-12/h4-7,12,15H,8-10H2,1-3H3/t12-/m0/s1. The number of rotatable bonds is 2. The van der Waals surface area contributed by atoms with Gasteiger partial charge in [0.15, 0.2) is 0 Å². The lowest BCUT2D eigenvalue weighted by Gasteiger charge is -2.21. The van der Waals surface area contributed by atoms with E-state index < -0.39 is 0 Å². The van der Waals surface area contributed by atoms with E-state index in [-0.39, 0.29) is 5.60 Å². The zero-order valence-electron chi connectivity index (χ0n) is 10.4. The van der Waals surface area contributed by atoms with E-state index >= 15 is 0 Å². The van der Waals surface area contributed by atoms with Crippen molar-refractivity contribution in [3.05, 3.63) is 29.8 Å². The van der Waals surface area contributed by atoms with Gasteiger partial charge in [-0.15, -0.1) is 0 Å². The Morgan fingerprint density at radius 3 is 2.38 bits per heavy atom. The van der Waals surface area contributed by atoms with Crippen molar-refractivity contribution in [1.82, 2.24) is 5.32 Å². The molecule has 1 aromatic rings. The molecule has 0 spiro atoms. The van der Waals surface area contributed by atoms with E-state index in [0.717, 1.165) is 18.8 Å². The fourth-order valence-corrected chi connectivity index (χ4v) is 2.10. The van der Waals surface area contributed by atoms with E-state index in [1.165, 1.54) is 12.0 Å². The van der Waals surface area contributed by atoms with Crippen LogP contribution in [0.2, 0.25) is 0 Å². The average molecular weight is 219 g/mol. The second-order valence-electron chi connectivity index (χ2n) is 5.47. The van der Waals surface area contributed by atoms with E-state index in [1.54, 1.807) is 0 Å². The maximum atomic E-state index is 5.80. The molecule has 2 heteroatoms. The quantitative estimate of drug-likeness (QED) is 0.825. The van der Waals surface area contributed by atoms with Gasteiger partial charge in [0.2, 0.25) is 0 Å². The highest BCUT2D eigenvalue weighted by Crippen LogP contribution is 2.25. The first-order valence-electron chi connectivity index (χ1n) is 6.04. The van der Waals surface area contributed by atoms with Crippen LogP contribution in [0.4, 0.5) is 0 Å². The summed E-state index contributed by atoms with van der Waals surface area (Å²) in [6, 6.07) is 8.55. The van der Waals surface area contributed by atoms with E-state index in [1.807, 2.05) is 0 Å². The first kappa shape index (κ1) is 11.5. The second kappa shape index (κ2) is 4.46. The van der Waals surface area contributed by atoms with Crippen molar-refractivity contribution >= 4 is 0 Å². The molecule has 1 heterocycles. The molecule has 1 aromatic carbocycles.